The van der Waals surface area contributed by atoms with Crippen LogP contribution in [0, 0.1) is 0 Å². The summed E-state index contributed by atoms with van der Waals surface area (Å²) in [7, 11) is 1.54. The number of nitrogens with one attached hydrogen (secondary N) is 1. The Kier molecular flexibility index (Phi) is 4.58. The Bertz CT molecular complexity index is 325. The standard InChI is InChI=1S/C9H13ClN2O3/c1-6(10)4-11-9(13)8-3-7(5-14-2)15-12-8/h3,6H,4-5H2,1-2H3,(H,11,13). The predicted octanol–water partition coefficient (Wildman–Crippen LogP) is 1.18. The molecule has 15 heavy (non-hydrogen) atoms. The minimum atomic E-state index is -0.298. The van der Waals surface area contributed by atoms with E-state index in [9.17, 15) is 4.79 Å². The highest BCUT2D eigenvalue weighted by molar-refractivity contribution is 6.20. The number of nitrogens with zero attached hydrogens (tertiary/aromatic N) is 1. The third-order valence-electron chi connectivity index (χ3n) is 1.62. The van der Waals surface area contributed by atoms with E-state index in [1.807, 2.05) is 0 Å². The zero-order valence-corrected chi connectivity index (χ0v) is 9.37. The van der Waals surface area contributed by atoms with Crippen molar-refractivity contribution in [3.05, 3.63) is 17.5 Å². The van der Waals surface area contributed by atoms with Crippen LogP contribution in [-0.2, 0) is 11.3 Å². The highest BCUT2D eigenvalue weighted by Gasteiger charge is 2.12. The first-order valence-electron chi connectivity index (χ1n) is 4.50. The summed E-state index contributed by atoms with van der Waals surface area (Å²) in [6, 6.07) is 1.54. The van der Waals surface area contributed by atoms with Gasteiger partial charge in [0.25, 0.3) is 5.91 Å². The van der Waals surface area contributed by atoms with E-state index in [0.717, 1.165) is 0 Å². The van der Waals surface area contributed by atoms with Gasteiger partial charge in [-0.1, -0.05) is 5.16 Å². The van der Waals surface area contributed by atoms with Crippen molar-refractivity contribution in [2.45, 2.75) is 18.9 Å². The number of methoxy groups -OCH3 is 1. The van der Waals surface area contributed by atoms with Crippen molar-refractivity contribution in [2.24, 2.45) is 0 Å². The minimum Gasteiger partial charge on any atom is -0.377 e. The van der Waals surface area contributed by atoms with Gasteiger partial charge < -0.3 is 14.6 Å². The summed E-state index contributed by atoms with van der Waals surface area (Å²) in [6.45, 7) is 2.49. The molecule has 0 bridgehead atoms. The number of halogens is 1. The Morgan fingerprint density at radius 1 is 1.80 bits per heavy atom. The molecule has 6 heteroatoms. The maximum atomic E-state index is 11.4. The van der Waals surface area contributed by atoms with Crippen molar-refractivity contribution in [1.82, 2.24) is 10.5 Å². The van der Waals surface area contributed by atoms with E-state index in [1.54, 1.807) is 6.92 Å². The van der Waals surface area contributed by atoms with Gasteiger partial charge in [-0.3, -0.25) is 4.79 Å². The molecule has 1 heterocycles. The van der Waals surface area contributed by atoms with Crippen LogP contribution in [0.3, 0.4) is 0 Å². The van der Waals surface area contributed by atoms with E-state index in [0.29, 0.717) is 18.9 Å². The van der Waals surface area contributed by atoms with Crippen molar-refractivity contribution in [2.75, 3.05) is 13.7 Å². The zero-order valence-electron chi connectivity index (χ0n) is 8.62. The first kappa shape index (κ1) is 12.0. The molecule has 1 unspecified atom stereocenters. The lowest BCUT2D eigenvalue weighted by Gasteiger charge is -2.02. The molecule has 1 aromatic heterocycles. The Morgan fingerprint density at radius 3 is 3.13 bits per heavy atom. The van der Waals surface area contributed by atoms with Crippen LogP contribution in [0.15, 0.2) is 10.6 Å². The largest absolute Gasteiger partial charge is 0.377 e. The van der Waals surface area contributed by atoms with Gasteiger partial charge >= 0.3 is 0 Å². The van der Waals surface area contributed by atoms with Crippen LogP contribution in [0.5, 0.6) is 0 Å². The molecule has 0 saturated carbocycles. The van der Waals surface area contributed by atoms with E-state index < -0.39 is 0 Å². The van der Waals surface area contributed by atoms with Crippen molar-refractivity contribution < 1.29 is 14.1 Å². The van der Waals surface area contributed by atoms with Crippen LogP contribution < -0.4 is 5.32 Å². The fourth-order valence-electron chi connectivity index (χ4n) is 0.954. The van der Waals surface area contributed by atoms with E-state index in [-0.39, 0.29) is 17.0 Å². The number of hydrogen-bond acceptors (Lipinski definition) is 4. The maximum absolute atomic E-state index is 11.4. The number of carbonyl (C=O) groups is 1. The van der Waals surface area contributed by atoms with Gasteiger partial charge in [-0.25, -0.2) is 0 Å². The molecule has 84 valence electrons. The van der Waals surface area contributed by atoms with Crippen molar-refractivity contribution in [3.8, 4) is 0 Å². The second-order valence-corrected chi connectivity index (χ2v) is 3.85. The lowest BCUT2D eigenvalue weighted by molar-refractivity contribution is 0.0944. The molecule has 1 amide bonds. The van der Waals surface area contributed by atoms with Gasteiger partial charge in [0, 0.05) is 25.1 Å². The third-order valence-corrected chi connectivity index (χ3v) is 1.78. The Labute approximate surface area is 92.7 Å². The molecule has 1 aromatic rings. The van der Waals surface area contributed by atoms with Gasteiger partial charge in [0.15, 0.2) is 11.5 Å². The first-order chi connectivity index (χ1) is 7.13. The molecule has 0 saturated heterocycles. The highest BCUT2D eigenvalue weighted by atomic mass is 35.5. The monoisotopic (exact) mass is 232 g/mol. The second kappa shape index (κ2) is 5.72. The predicted molar refractivity (Wildman–Crippen MR) is 54.9 cm³/mol. The lowest BCUT2D eigenvalue weighted by Crippen LogP contribution is -2.28. The van der Waals surface area contributed by atoms with Crippen LogP contribution in [-0.4, -0.2) is 30.1 Å². The SMILES string of the molecule is COCc1cc(C(=O)NCC(C)Cl)no1. The lowest BCUT2D eigenvalue weighted by atomic mass is 10.3. The van der Waals surface area contributed by atoms with Crippen LogP contribution in [0.1, 0.15) is 23.2 Å². The van der Waals surface area contributed by atoms with Crippen LogP contribution in [0.25, 0.3) is 0 Å². The van der Waals surface area contributed by atoms with Gasteiger partial charge in [-0.05, 0) is 6.92 Å². The number of carbonyl (C=O) groups excluding carboxylic acids is 1. The quantitative estimate of drug-likeness (QED) is 0.775. The smallest absolute Gasteiger partial charge is 0.273 e. The number of aromatic nitrogens is 1. The molecule has 0 aliphatic heterocycles. The number of alkyl halides is 1. The third kappa shape index (κ3) is 3.89. The highest BCUT2D eigenvalue weighted by Crippen LogP contribution is 2.04. The van der Waals surface area contributed by atoms with E-state index in [1.165, 1.54) is 13.2 Å². The normalized spacial score (nSPS) is 12.5. The molecule has 0 spiro atoms. The number of hydrogen-bond donors (Lipinski definition) is 1. The number of ether oxygens (including phenoxy) is 1. The topological polar surface area (TPSA) is 64.4 Å². The molecule has 0 aromatic carbocycles. The maximum Gasteiger partial charge on any atom is 0.273 e. The molecular formula is C9H13ClN2O3. The van der Waals surface area contributed by atoms with Crippen molar-refractivity contribution in [3.63, 3.8) is 0 Å². The Hall–Kier alpha value is -1.07. The molecule has 1 atom stereocenters. The van der Waals surface area contributed by atoms with Gasteiger partial charge in [0.05, 0.1) is 0 Å². The number of rotatable bonds is 5. The summed E-state index contributed by atoms with van der Waals surface area (Å²) in [5.41, 5.74) is 0.236. The molecule has 0 fully saturated rings. The van der Waals surface area contributed by atoms with Crippen LogP contribution >= 0.6 is 11.6 Å². The molecule has 5 nitrogen and oxygen atoms in total. The summed E-state index contributed by atoms with van der Waals surface area (Å²) in [5.74, 6) is 0.218. The average molecular weight is 233 g/mol. The van der Waals surface area contributed by atoms with Crippen molar-refractivity contribution in [1.29, 1.82) is 0 Å². The Morgan fingerprint density at radius 2 is 2.53 bits per heavy atom. The molecule has 1 N–H and O–H groups in total. The first-order valence-corrected chi connectivity index (χ1v) is 4.94. The molecule has 0 aliphatic rings. The van der Waals surface area contributed by atoms with Gasteiger partial charge in [0.2, 0.25) is 0 Å². The second-order valence-electron chi connectivity index (χ2n) is 3.10. The van der Waals surface area contributed by atoms with Crippen molar-refractivity contribution >= 4 is 17.5 Å². The van der Waals surface area contributed by atoms with Gasteiger partial charge in [-0.2, -0.15) is 0 Å². The summed E-state index contributed by atoms with van der Waals surface area (Å²) < 4.78 is 9.70. The van der Waals surface area contributed by atoms with Crippen LogP contribution in [0.2, 0.25) is 0 Å². The summed E-state index contributed by atoms with van der Waals surface area (Å²) >= 11 is 5.69. The fraction of sp³-hybridized carbons (Fsp3) is 0.556. The average Bonchev–Trinajstić information content (AvgIpc) is 2.63. The van der Waals surface area contributed by atoms with Crippen LogP contribution in [0.4, 0.5) is 0 Å². The zero-order chi connectivity index (χ0) is 11.3. The van der Waals surface area contributed by atoms with Gasteiger partial charge in [0.1, 0.15) is 6.61 Å². The Balaban J connectivity index is 2.50. The number of amides is 1. The molecule has 0 aliphatic carbocycles. The van der Waals surface area contributed by atoms with Gasteiger partial charge in [-0.15, -0.1) is 11.6 Å². The molecular weight excluding hydrogens is 220 g/mol. The summed E-state index contributed by atoms with van der Waals surface area (Å²) in [4.78, 5) is 11.4. The summed E-state index contributed by atoms with van der Waals surface area (Å²) in [6.07, 6.45) is 0. The van der Waals surface area contributed by atoms with E-state index >= 15 is 0 Å². The van der Waals surface area contributed by atoms with E-state index in [2.05, 4.69) is 10.5 Å². The molecule has 1 rings (SSSR count). The summed E-state index contributed by atoms with van der Waals surface area (Å²) in [5, 5.41) is 6.11. The minimum absolute atomic E-state index is 0.112. The fourth-order valence-corrected chi connectivity index (χ4v) is 1.03. The van der Waals surface area contributed by atoms with E-state index in [4.69, 9.17) is 20.9 Å². The molecule has 0 radical (unpaired) electrons.